The van der Waals surface area contributed by atoms with Gasteiger partial charge in [0, 0.05) is 5.56 Å². The van der Waals surface area contributed by atoms with Gasteiger partial charge < -0.3 is 0 Å². The molecule has 0 aliphatic heterocycles. The molecule has 7 heteroatoms. The Labute approximate surface area is 121 Å². The highest BCUT2D eigenvalue weighted by Crippen LogP contribution is 2.39. The molecule has 2 rings (SSSR count). The molecule has 0 unspecified atom stereocenters. The highest BCUT2D eigenvalue weighted by Gasteiger charge is 2.32. The third-order valence-corrected chi connectivity index (χ3v) is 3.46. The molecule has 0 bridgehead atoms. The molecule has 0 radical (unpaired) electrons. The van der Waals surface area contributed by atoms with Gasteiger partial charge >= 0.3 is 6.18 Å². The van der Waals surface area contributed by atoms with Gasteiger partial charge in [-0.05, 0) is 24.3 Å². The van der Waals surface area contributed by atoms with Gasteiger partial charge in [0.2, 0.25) is 0 Å². The van der Waals surface area contributed by atoms with Crippen molar-refractivity contribution in [2.75, 3.05) is 0 Å². The monoisotopic (exact) mass is 325 g/mol. The Morgan fingerprint density at radius 2 is 1.53 bits per heavy atom. The van der Waals surface area contributed by atoms with Gasteiger partial charge in [-0.25, -0.2) is 4.98 Å². The largest absolute Gasteiger partial charge is 0.433 e. The summed E-state index contributed by atoms with van der Waals surface area (Å²) in [4.78, 5) is 3.52. The molecule has 1 nitrogen and oxygen atoms in total. The lowest BCUT2D eigenvalue weighted by Gasteiger charge is -2.11. The zero-order valence-electron chi connectivity index (χ0n) is 9.10. The van der Waals surface area contributed by atoms with E-state index in [0.29, 0.717) is 0 Å². The molecule has 0 N–H and O–H groups in total. The molecule has 0 saturated heterocycles. The summed E-state index contributed by atoms with van der Waals surface area (Å²) < 4.78 is 37.8. The van der Waals surface area contributed by atoms with Gasteiger partial charge in [-0.1, -0.05) is 40.9 Å². The van der Waals surface area contributed by atoms with Crippen molar-refractivity contribution in [3.63, 3.8) is 0 Å². The van der Waals surface area contributed by atoms with Crippen LogP contribution >= 0.6 is 34.8 Å². The molecule has 0 spiro atoms. The van der Waals surface area contributed by atoms with Crippen LogP contribution in [0.15, 0.2) is 30.3 Å². The molecular weight excluding hydrogens is 321 g/mol. The number of hydrogen-bond acceptors (Lipinski definition) is 1. The fourth-order valence-electron chi connectivity index (χ4n) is 1.49. The van der Waals surface area contributed by atoms with E-state index < -0.39 is 11.9 Å². The Morgan fingerprint density at radius 3 is 2.16 bits per heavy atom. The third-order valence-electron chi connectivity index (χ3n) is 2.34. The van der Waals surface area contributed by atoms with Crippen LogP contribution < -0.4 is 0 Å². The van der Waals surface area contributed by atoms with Crippen LogP contribution in [0, 0.1) is 0 Å². The number of alkyl halides is 3. The first-order chi connectivity index (χ1) is 8.80. The Morgan fingerprint density at radius 1 is 0.895 bits per heavy atom. The second kappa shape index (κ2) is 5.19. The number of pyridine rings is 1. The van der Waals surface area contributed by atoms with Crippen LogP contribution in [-0.2, 0) is 6.18 Å². The summed E-state index contributed by atoms with van der Waals surface area (Å²) in [5.41, 5.74) is -0.814. The summed E-state index contributed by atoms with van der Waals surface area (Å²) in [6.45, 7) is 0. The van der Waals surface area contributed by atoms with Crippen molar-refractivity contribution in [2.45, 2.75) is 6.18 Å². The molecular formula is C12H5Cl3F3N. The van der Waals surface area contributed by atoms with Crippen molar-refractivity contribution < 1.29 is 13.2 Å². The van der Waals surface area contributed by atoms with E-state index in [4.69, 9.17) is 34.8 Å². The van der Waals surface area contributed by atoms with Crippen molar-refractivity contribution in [3.8, 4) is 11.3 Å². The quantitative estimate of drug-likeness (QED) is 0.610. The maximum Gasteiger partial charge on any atom is 0.433 e. The molecule has 2 aromatic rings. The molecule has 0 atom stereocenters. The number of aromatic nitrogens is 1. The van der Waals surface area contributed by atoms with E-state index in [-0.39, 0.29) is 26.3 Å². The molecule has 19 heavy (non-hydrogen) atoms. The lowest BCUT2D eigenvalue weighted by Crippen LogP contribution is -2.08. The smallest absolute Gasteiger partial charge is 0.243 e. The van der Waals surface area contributed by atoms with E-state index in [1.807, 2.05) is 0 Å². The van der Waals surface area contributed by atoms with Crippen LogP contribution in [0.5, 0.6) is 0 Å². The number of benzene rings is 1. The van der Waals surface area contributed by atoms with Gasteiger partial charge in [-0.3, -0.25) is 0 Å². The summed E-state index contributed by atoms with van der Waals surface area (Å²) in [6.07, 6.45) is -4.53. The number of rotatable bonds is 1. The summed E-state index contributed by atoms with van der Waals surface area (Å²) in [5, 5.41) is 0.447. The normalized spacial score (nSPS) is 11.7. The van der Waals surface area contributed by atoms with Crippen molar-refractivity contribution in [1.82, 2.24) is 4.98 Å². The van der Waals surface area contributed by atoms with Crippen molar-refractivity contribution in [2.24, 2.45) is 0 Å². The average Bonchev–Trinajstić information content (AvgIpc) is 2.34. The Kier molecular flexibility index (Phi) is 3.95. The van der Waals surface area contributed by atoms with Crippen molar-refractivity contribution in [1.29, 1.82) is 0 Å². The molecule has 0 fully saturated rings. The predicted octanol–water partition coefficient (Wildman–Crippen LogP) is 5.73. The van der Waals surface area contributed by atoms with Crippen LogP contribution in [0.1, 0.15) is 5.69 Å². The van der Waals surface area contributed by atoms with E-state index in [9.17, 15) is 13.2 Å². The summed E-state index contributed by atoms with van der Waals surface area (Å²) in [7, 11) is 0. The second-order valence-electron chi connectivity index (χ2n) is 3.62. The SMILES string of the molecule is FC(F)(F)c1cccc(-c2c(Cl)ccc(Cl)c2Cl)n1. The summed E-state index contributed by atoms with van der Waals surface area (Å²) in [5.74, 6) is 0. The topological polar surface area (TPSA) is 12.9 Å². The van der Waals surface area contributed by atoms with Gasteiger partial charge in [0.1, 0.15) is 5.69 Å². The standard InChI is InChI=1S/C12H5Cl3F3N/c13-6-4-5-7(14)11(15)10(6)8-2-1-3-9(19-8)12(16,17)18/h1-5H. The lowest BCUT2D eigenvalue weighted by molar-refractivity contribution is -0.141. The lowest BCUT2D eigenvalue weighted by atomic mass is 10.1. The highest BCUT2D eigenvalue weighted by molar-refractivity contribution is 6.46. The second-order valence-corrected chi connectivity index (χ2v) is 4.82. The first kappa shape index (κ1) is 14.4. The molecule has 0 saturated carbocycles. The molecule has 1 heterocycles. The third kappa shape index (κ3) is 2.96. The highest BCUT2D eigenvalue weighted by atomic mass is 35.5. The maximum absolute atomic E-state index is 12.6. The Balaban J connectivity index is 2.64. The first-order valence-corrected chi connectivity index (χ1v) is 6.12. The van der Waals surface area contributed by atoms with E-state index in [2.05, 4.69) is 4.98 Å². The van der Waals surface area contributed by atoms with Crippen LogP contribution in [0.4, 0.5) is 13.2 Å². The molecule has 0 amide bonds. The number of nitrogens with zero attached hydrogens (tertiary/aromatic N) is 1. The van der Waals surface area contributed by atoms with E-state index >= 15 is 0 Å². The van der Waals surface area contributed by atoms with E-state index in [0.717, 1.165) is 6.07 Å². The van der Waals surface area contributed by atoms with Crippen LogP contribution in [0.25, 0.3) is 11.3 Å². The van der Waals surface area contributed by atoms with Gasteiger partial charge in [0.15, 0.2) is 0 Å². The molecule has 1 aromatic heterocycles. The van der Waals surface area contributed by atoms with Gasteiger partial charge in [-0.2, -0.15) is 13.2 Å². The van der Waals surface area contributed by atoms with E-state index in [1.54, 1.807) is 0 Å². The minimum absolute atomic E-state index is 0.0207. The molecule has 0 aliphatic rings. The molecule has 100 valence electrons. The van der Waals surface area contributed by atoms with Gasteiger partial charge in [0.05, 0.1) is 20.8 Å². The van der Waals surface area contributed by atoms with Gasteiger partial charge in [-0.15, -0.1) is 0 Å². The maximum atomic E-state index is 12.6. The Hall–Kier alpha value is -0.970. The van der Waals surface area contributed by atoms with Crippen molar-refractivity contribution >= 4 is 34.8 Å². The van der Waals surface area contributed by atoms with Crippen molar-refractivity contribution in [3.05, 3.63) is 51.1 Å². The Bertz CT molecular complexity index is 626. The minimum Gasteiger partial charge on any atom is -0.243 e. The predicted molar refractivity (Wildman–Crippen MR) is 69.7 cm³/mol. The van der Waals surface area contributed by atoms with Crippen LogP contribution in [0.2, 0.25) is 15.1 Å². The minimum atomic E-state index is -4.53. The van der Waals surface area contributed by atoms with Crippen LogP contribution in [-0.4, -0.2) is 4.98 Å². The fraction of sp³-hybridized carbons (Fsp3) is 0.0833. The number of hydrogen-bond donors (Lipinski definition) is 0. The van der Waals surface area contributed by atoms with Gasteiger partial charge in [0.25, 0.3) is 0 Å². The average molecular weight is 327 g/mol. The molecule has 0 aliphatic carbocycles. The first-order valence-electron chi connectivity index (χ1n) is 4.99. The van der Waals surface area contributed by atoms with Crippen LogP contribution in [0.3, 0.4) is 0 Å². The zero-order chi connectivity index (χ0) is 14.2. The zero-order valence-corrected chi connectivity index (χ0v) is 11.4. The number of halogens is 6. The fourth-order valence-corrected chi connectivity index (χ4v) is 2.22. The summed E-state index contributed by atoms with van der Waals surface area (Å²) in [6, 6.07) is 6.41. The van der Waals surface area contributed by atoms with E-state index in [1.165, 1.54) is 24.3 Å². The molecule has 1 aromatic carbocycles. The summed E-state index contributed by atoms with van der Waals surface area (Å²) >= 11 is 17.7.